The smallest absolute Gasteiger partial charge is 0.209 e. The van der Waals surface area contributed by atoms with Crippen LogP contribution in [0.1, 0.15) is 18.4 Å². The summed E-state index contributed by atoms with van der Waals surface area (Å²) in [6, 6.07) is 68.5. The van der Waals surface area contributed by atoms with Crippen molar-refractivity contribution in [3.8, 4) is 33.6 Å². The quantitative estimate of drug-likeness (QED) is 0.152. The van der Waals surface area contributed by atoms with Gasteiger partial charge in [-0.25, -0.2) is 4.98 Å². The molecule has 9 aromatic rings. The second kappa shape index (κ2) is 14.5. The Kier molecular flexibility index (Phi) is 8.82. The molecule has 0 unspecified atom stereocenters. The summed E-state index contributed by atoms with van der Waals surface area (Å²) in [5.74, 6) is 0. The van der Waals surface area contributed by atoms with Crippen LogP contribution in [-0.2, 0) is 6.42 Å². The van der Waals surface area contributed by atoms with Crippen LogP contribution in [0.3, 0.4) is 0 Å². The lowest BCUT2D eigenvalue weighted by Gasteiger charge is -2.30. The van der Waals surface area contributed by atoms with E-state index in [0.29, 0.717) is 6.71 Å². The third-order valence-corrected chi connectivity index (χ3v) is 12.3. The van der Waals surface area contributed by atoms with Gasteiger partial charge in [-0.1, -0.05) is 169 Å². The standard InChI is InChI=1S/C51H39BN2S/c1-5-18-36(19-6-1)45-34-40(35-46(53-45)37-20-7-2-8-21-37)54(39-24-11-4-12-25-39)47-31-32-49-51(43-27-13-14-30-48(43)55-49)50(47)42-28-17-29-44-41(42)26-15-16-33-52(44)38-22-9-3-10-23-38/h1-14,17-25,27-32,34-35H,15-16,26,33H2. The van der Waals surface area contributed by atoms with Crippen LogP contribution in [-0.4, -0.2) is 11.7 Å². The predicted octanol–water partition coefficient (Wildman–Crippen LogP) is 12.9. The van der Waals surface area contributed by atoms with Crippen LogP contribution in [0, 0.1) is 0 Å². The first kappa shape index (κ1) is 33.4. The monoisotopic (exact) mass is 722 g/mol. The Morgan fingerprint density at radius 2 is 1.16 bits per heavy atom. The Hall–Kier alpha value is -6.23. The molecule has 0 radical (unpaired) electrons. The van der Waals surface area contributed by atoms with Gasteiger partial charge in [-0.15, -0.1) is 11.3 Å². The molecule has 0 aliphatic carbocycles. The number of nitrogens with zero attached hydrogens (tertiary/aromatic N) is 2. The molecule has 4 heteroatoms. The number of anilines is 3. The fourth-order valence-electron chi connectivity index (χ4n) is 8.71. The number of benzene rings is 7. The normalized spacial score (nSPS) is 12.8. The van der Waals surface area contributed by atoms with E-state index in [9.17, 15) is 0 Å². The molecule has 1 aliphatic heterocycles. The molecule has 0 saturated heterocycles. The maximum atomic E-state index is 5.29. The minimum absolute atomic E-state index is 0.368. The zero-order valence-electron chi connectivity index (χ0n) is 30.6. The lowest BCUT2D eigenvalue weighted by Crippen LogP contribution is -2.43. The number of aromatic nitrogens is 1. The molecule has 10 rings (SSSR count). The van der Waals surface area contributed by atoms with Gasteiger partial charge in [-0.2, -0.15) is 0 Å². The SMILES string of the molecule is c1ccc(B2CCCCc3c2cccc3-c2c(N(c3ccccc3)c3cc(-c4ccccc4)nc(-c4ccccc4)c3)ccc3sc4ccccc4c23)cc1. The maximum Gasteiger partial charge on any atom is 0.209 e. The fourth-order valence-corrected chi connectivity index (χ4v) is 9.82. The average molecular weight is 723 g/mol. The number of fused-ring (bicyclic) bond motifs is 4. The van der Waals surface area contributed by atoms with E-state index in [1.165, 1.54) is 66.3 Å². The van der Waals surface area contributed by atoms with Crippen molar-refractivity contribution in [2.75, 3.05) is 4.90 Å². The van der Waals surface area contributed by atoms with Crippen LogP contribution in [0.15, 0.2) is 188 Å². The molecule has 7 aromatic carbocycles. The highest BCUT2D eigenvalue weighted by Crippen LogP contribution is 2.50. The van der Waals surface area contributed by atoms with Gasteiger partial charge in [-0.3, -0.25) is 0 Å². The fraction of sp³-hybridized carbons (Fsp3) is 0.0784. The van der Waals surface area contributed by atoms with Crippen molar-refractivity contribution in [3.63, 3.8) is 0 Å². The highest BCUT2D eigenvalue weighted by Gasteiger charge is 2.29. The number of hydrogen-bond donors (Lipinski definition) is 0. The minimum atomic E-state index is 0.368. The molecule has 0 fully saturated rings. The Morgan fingerprint density at radius 1 is 0.527 bits per heavy atom. The molecular formula is C51H39BN2S. The molecule has 0 atom stereocenters. The van der Waals surface area contributed by atoms with Crippen LogP contribution in [0.4, 0.5) is 17.1 Å². The number of hydrogen-bond acceptors (Lipinski definition) is 3. The molecule has 2 aromatic heterocycles. The first-order chi connectivity index (χ1) is 27.3. The van der Waals surface area contributed by atoms with Crippen molar-refractivity contribution in [2.24, 2.45) is 0 Å². The molecule has 0 amide bonds. The number of pyridine rings is 1. The van der Waals surface area contributed by atoms with Crippen LogP contribution < -0.4 is 15.8 Å². The summed E-state index contributed by atoms with van der Waals surface area (Å²) in [7, 11) is 0. The zero-order valence-corrected chi connectivity index (χ0v) is 31.4. The minimum Gasteiger partial charge on any atom is -0.310 e. The van der Waals surface area contributed by atoms with Crippen LogP contribution in [0.2, 0.25) is 6.32 Å². The van der Waals surface area contributed by atoms with Gasteiger partial charge in [0.05, 0.1) is 22.8 Å². The van der Waals surface area contributed by atoms with Crippen molar-refractivity contribution in [1.82, 2.24) is 4.98 Å². The molecule has 0 saturated carbocycles. The van der Waals surface area contributed by atoms with E-state index >= 15 is 0 Å². The van der Waals surface area contributed by atoms with Gasteiger partial charge in [-0.05, 0) is 66.4 Å². The predicted molar refractivity (Wildman–Crippen MR) is 237 cm³/mol. The molecular weight excluding hydrogens is 683 g/mol. The number of para-hydroxylation sites is 1. The molecule has 0 bridgehead atoms. The van der Waals surface area contributed by atoms with E-state index in [1.54, 1.807) is 0 Å². The average Bonchev–Trinajstić information content (AvgIpc) is 3.49. The topological polar surface area (TPSA) is 16.1 Å². The van der Waals surface area contributed by atoms with Crippen molar-refractivity contribution in [3.05, 3.63) is 194 Å². The summed E-state index contributed by atoms with van der Waals surface area (Å²) in [5.41, 5.74) is 14.4. The molecule has 0 N–H and O–H groups in total. The second-order valence-corrected chi connectivity index (χ2v) is 15.6. The van der Waals surface area contributed by atoms with Crippen LogP contribution >= 0.6 is 11.3 Å². The largest absolute Gasteiger partial charge is 0.310 e. The Bertz CT molecular complexity index is 2710. The maximum absolute atomic E-state index is 5.29. The third-order valence-electron chi connectivity index (χ3n) is 11.2. The molecule has 3 heterocycles. The van der Waals surface area contributed by atoms with Gasteiger partial charge in [0.15, 0.2) is 0 Å². The summed E-state index contributed by atoms with van der Waals surface area (Å²) in [6.45, 7) is 0.368. The summed E-state index contributed by atoms with van der Waals surface area (Å²) < 4.78 is 2.62. The Morgan fingerprint density at radius 3 is 1.87 bits per heavy atom. The van der Waals surface area contributed by atoms with E-state index in [0.717, 1.165) is 46.6 Å². The summed E-state index contributed by atoms with van der Waals surface area (Å²) >= 11 is 1.89. The second-order valence-electron chi connectivity index (χ2n) is 14.5. The Labute approximate surface area is 327 Å². The van der Waals surface area contributed by atoms with Crippen molar-refractivity contribution in [2.45, 2.75) is 25.6 Å². The Balaban J connectivity index is 1.29. The van der Waals surface area contributed by atoms with Crippen LogP contribution in [0.5, 0.6) is 0 Å². The third kappa shape index (κ3) is 6.23. The first-order valence-electron chi connectivity index (χ1n) is 19.4. The van der Waals surface area contributed by atoms with Gasteiger partial charge < -0.3 is 4.90 Å². The lowest BCUT2D eigenvalue weighted by atomic mass is 9.38. The van der Waals surface area contributed by atoms with Crippen molar-refractivity contribution in [1.29, 1.82) is 0 Å². The molecule has 55 heavy (non-hydrogen) atoms. The van der Waals surface area contributed by atoms with Gasteiger partial charge >= 0.3 is 0 Å². The number of thiophene rings is 1. The van der Waals surface area contributed by atoms with Gasteiger partial charge in [0, 0.05) is 42.6 Å². The molecule has 0 spiro atoms. The van der Waals surface area contributed by atoms with E-state index in [2.05, 4.69) is 193 Å². The lowest BCUT2D eigenvalue weighted by molar-refractivity contribution is 0.803. The summed E-state index contributed by atoms with van der Waals surface area (Å²) in [4.78, 5) is 7.77. The first-order valence-corrected chi connectivity index (χ1v) is 20.2. The van der Waals surface area contributed by atoms with E-state index < -0.39 is 0 Å². The van der Waals surface area contributed by atoms with E-state index in [1.807, 2.05) is 11.3 Å². The van der Waals surface area contributed by atoms with Gasteiger partial charge in [0.1, 0.15) is 0 Å². The van der Waals surface area contributed by atoms with E-state index in [-0.39, 0.29) is 0 Å². The molecule has 2 nitrogen and oxygen atoms in total. The highest BCUT2D eigenvalue weighted by molar-refractivity contribution is 7.26. The number of rotatable bonds is 7. The van der Waals surface area contributed by atoms with E-state index in [4.69, 9.17) is 4.98 Å². The molecule has 262 valence electrons. The van der Waals surface area contributed by atoms with Gasteiger partial charge in [0.2, 0.25) is 6.71 Å². The van der Waals surface area contributed by atoms with Crippen LogP contribution in [0.25, 0.3) is 53.8 Å². The van der Waals surface area contributed by atoms with Gasteiger partial charge in [0.25, 0.3) is 0 Å². The highest BCUT2D eigenvalue weighted by atomic mass is 32.1. The van der Waals surface area contributed by atoms with Crippen molar-refractivity contribution < 1.29 is 0 Å². The summed E-state index contributed by atoms with van der Waals surface area (Å²) in [5, 5.41) is 2.64. The van der Waals surface area contributed by atoms with Crippen molar-refractivity contribution >= 4 is 66.2 Å². The molecule has 1 aliphatic rings. The summed E-state index contributed by atoms with van der Waals surface area (Å²) in [6.07, 6.45) is 4.61. The zero-order chi connectivity index (χ0) is 36.6.